The van der Waals surface area contributed by atoms with Crippen LogP contribution in [0.2, 0.25) is 0 Å². The molecule has 3 aromatic rings. The molecule has 0 N–H and O–H groups in total. The fourth-order valence-electron chi connectivity index (χ4n) is 2.69. The van der Waals surface area contributed by atoms with Gasteiger partial charge >= 0.3 is 0 Å². The molecule has 0 aliphatic rings. The van der Waals surface area contributed by atoms with Crippen molar-refractivity contribution >= 4 is 11.6 Å². The first-order chi connectivity index (χ1) is 13.6. The summed E-state index contributed by atoms with van der Waals surface area (Å²) in [6.07, 6.45) is 1.60. The summed E-state index contributed by atoms with van der Waals surface area (Å²) >= 11 is 0. The maximum absolute atomic E-state index is 9.61. The van der Waals surface area contributed by atoms with E-state index in [1.54, 1.807) is 25.3 Å². The van der Waals surface area contributed by atoms with Gasteiger partial charge in [-0.1, -0.05) is 35.0 Å². The Balaban J connectivity index is 2.02. The van der Waals surface area contributed by atoms with E-state index in [0.717, 1.165) is 11.1 Å². The van der Waals surface area contributed by atoms with Crippen LogP contribution in [0.15, 0.2) is 40.9 Å². The molecule has 0 spiro atoms. The van der Waals surface area contributed by atoms with Crippen molar-refractivity contribution in [3.63, 3.8) is 0 Å². The lowest BCUT2D eigenvalue weighted by Gasteiger charge is -2.14. The van der Waals surface area contributed by atoms with Crippen LogP contribution < -0.4 is 14.2 Å². The van der Waals surface area contributed by atoms with E-state index in [-0.39, 0.29) is 11.5 Å². The van der Waals surface area contributed by atoms with Crippen molar-refractivity contribution in [2.75, 3.05) is 21.3 Å². The van der Waals surface area contributed by atoms with Gasteiger partial charge in [-0.05, 0) is 25.1 Å². The minimum Gasteiger partial charge on any atom is -0.493 e. The molecule has 2 aromatic carbocycles. The number of nitrogens with zero attached hydrogens (tertiary/aromatic N) is 3. The fraction of sp³-hybridized carbons (Fsp3) is 0.190. The molecule has 0 amide bonds. The monoisotopic (exact) mass is 377 g/mol. The highest BCUT2D eigenvalue weighted by atomic mass is 16.5. The molecule has 142 valence electrons. The lowest BCUT2D eigenvalue weighted by molar-refractivity contribution is 0.324. The topological polar surface area (TPSA) is 90.4 Å². The van der Waals surface area contributed by atoms with Gasteiger partial charge < -0.3 is 18.7 Å². The number of aryl methyl sites for hydroxylation is 1. The SMILES string of the molecule is COc1ccc(C=C(C#N)c2nc(-c3ccc(C)cc3)no2)c(OC)c1OC. The first kappa shape index (κ1) is 19.0. The van der Waals surface area contributed by atoms with E-state index in [2.05, 4.69) is 16.2 Å². The standard InChI is InChI=1S/C21H19N3O4/c1-13-5-7-14(8-6-13)20-23-21(28-24-20)16(12-22)11-15-9-10-17(25-2)19(27-4)18(15)26-3/h5-11H,1-4H3. The van der Waals surface area contributed by atoms with Crippen LogP contribution in [-0.2, 0) is 0 Å². The molecule has 0 unspecified atom stereocenters. The molecule has 0 atom stereocenters. The molecule has 28 heavy (non-hydrogen) atoms. The molecule has 7 heteroatoms. The van der Waals surface area contributed by atoms with Gasteiger partial charge in [0.2, 0.25) is 11.6 Å². The zero-order chi connectivity index (χ0) is 20.1. The highest BCUT2D eigenvalue weighted by molar-refractivity contribution is 5.89. The minimum atomic E-state index is 0.120. The molecule has 0 radical (unpaired) electrons. The lowest BCUT2D eigenvalue weighted by Crippen LogP contribution is -1.97. The van der Waals surface area contributed by atoms with Crippen molar-refractivity contribution in [2.45, 2.75) is 6.92 Å². The third-order valence-electron chi connectivity index (χ3n) is 4.12. The van der Waals surface area contributed by atoms with E-state index in [0.29, 0.717) is 28.6 Å². The molecule has 0 aliphatic carbocycles. The van der Waals surface area contributed by atoms with Crippen LogP contribution >= 0.6 is 0 Å². The van der Waals surface area contributed by atoms with Gasteiger partial charge in [0.05, 0.1) is 21.3 Å². The third kappa shape index (κ3) is 3.67. The third-order valence-corrected chi connectivity index (χ3v) is 4.12. The van der Waals surface area contributed by atoms with E-state index in [9.17, 15) is 5.26 Å². The van der Waals surface area contributed by atoms with E-state index in [1.165, 1.54) is 14.2 Å². The first-order valence-corrected chi connectivity index (χ1v) is 8.43. The Bertz CT molecular complexity index is 1050. The molecular formula is C21H19N3O4. The van der Waals surface area contributed by atoms with Crippen molar-refractivity contribution in [1.82, 2.24) is 10.1 Å². The molecule has 1 heterocycles. The van der Waals surface area contributed by atoms with Crippen LogP contribution in [0, 0.1) is 18.3 Å². The van der Waals surface area contributed by atoms with Crippen LogP contribution in [0.3, 0.4) is 0 Å². The normalized spacial score (nSPS) is 11.0. The largest absolute Gasteiger partial charge is 0.493 e. The van der Waals surface area contributed by atoms with Gasteiger partial charge in [0, 0.05) is 11.1 Å². The second kappa shape index (κ2) is 8.27. The molecule has 0 saturated heterocycles. The van der Waals surface area contributed by atoms with Gasteiger partial charge in [0.15, 0.2) is 11.5 Å². The van der Waals surface area contributed by atoms with E-state index in [4.69, 9.17) is 18.7 Å². The predicted octanol–water partition coefficient (Wildman–Crippen LogP) is 4.14. The van der Waals surface area contributed by atoms with Crippen LogP contribution in [0.5, 0.6) is 17.2 Å². The number of methoxy groups -OCH3 is 3. The Morgan fingerprint density at radius 3 is 2.32 bits per heavy atom. The van der Waals surface area contributed by atoms with Crippen LogP contribution in [0.25, 0.3) is 23.0 Å². The second-order valence-corrected chi connectivity index (χ2v) is 5.88. The van der Waals surface area contributed by atoms with E-state index < -0.39 is 0 Å². The number of ether oxygens (including phenoxy) is 3. The van der Waals surface area contributed by atoms with Gasteiger partial charge in [-0.2, -0.15) is 10.2 Å². The summed E-state index contributed by atoms with van der Waals surface area (Å²) in [5, 5.41) is 13.6. The van der Waals surface area contributed by atoms with Crippen molar-refractivity contribution < 1.29 is 18.7 Å². The Morgan fingerprint density at radius 1 is 1.00 bits per heavy atom. The number of nitriles is 1. The maximum Gasteiger partial charge on any atom is 0.268 e. The van der Waals surface area contributed by atoms with Crippen LogP contribution in [0.1, 0.15) is 17.0 Å². The lowest BCUT2D eigenvalue weighted by atomic mass is 10.1. The molecule has 0 fully saturated rings. The Labute approximate surface area is 162 Å². The highest BCUT2D eigenvalue weighted by Crippen LogP contribution is 2.41. The molecule has 1 aromatic heterocycles. The summed E-state index contributed by atoms with van der Waals surface area (Å²) in [5.74, 6) is 1.93. The number of rotatable bonds is 6. The average Bonchev–Trinajstić information content (AvgIpc) is 3.21. The molecule has 7 nitrogen and oxygen atoms in total. The molecule has 3 rings (SSSR count). The Kier molecular flexibility index (Phi) is 5.61. The first-order valence-electron chi connectivity index (χ1n) is 8.43. The Hall–Kier alpha value is -3.79. The quantitative estimate of drug-likeness (QED) is 0.596. The molecular weight excluding hydrogens is 358 g/mol. The average molecular weight is 377 g/mol. The zero-order valence-corrected chi connectivity index (χ0v) is 16.0. The number of hydrogen-bond acceptors (Lipinski definition) is 7. The van der Waals surface area contributed by atoms with Crippen molar-refractivity contribution in [2.24, 2.45) is 0 Å². The predicted molar refractivity (Wildman–Crippen MR) is 104 cm³/mol. The van der Waals surface area contributed by atoms with E-state index in [1.807, 2.05) is 31.2 Å². The number of aromatic nitrogens is 2. The van der Waals surface area contributed by atoms with Gasteiger partial charge in [0.1, 0.15) is 11.6 Å². The minimum absolute atomic E-state index is 0.120. The van der Waals surface area contributed by atoms with E-state index >= 15 is 0 Å². The van der Waals surface area contributed by atoms with Crippen molar-refractivity contribution in [3.8, 4) is 34.7 Å². The fourth-order valence-corrected chi connectivity index (χ4v) is 2.69. The smallest absolute Gasteiger partial charge is 0.268 e. The summed E-state index contributed by atoms with van der Waals surface area (Å²) in [5.41, 5.74) is 2.76. The van der Waals surface area contributed by atoms with Gasteiger partial charge in [-0.25, -0.2) is 0 Å². The molecule has 0 bridgehead atoms. The number of allylic oxidation sites excluding steroid dienone is 1. The number of hydrogen-bond donors (Lipinski definition) is 0. The highest BCUT2D eigenvalue weighted by Gasteiger charge is 2.18. The summed E-state index contributed by atoms with van der Waals surface area (Å²) in [6.45, 7) is 2.00. The molecule has 0 aliphatic heterocycles. The summed E-state index contributed by atoms with van der Waals surface area (Å²) in [4.78, 5) is 4.34. The Morgan fingerprint density at radius 2 is 1.71 bits per heavy atom. The summed E-state index contributed by atoms with van der Waals surface area (Å²) in [7, 11) is 4.58. The zero-order valence-electron chi connectivity index (χ0n) is 16.0. The summed E-state index contributed by atoms with van der Waals surface area (Å²) < 4.78 is 21.4. The van der Waals surface area contributed by atoms with Gasteiger partial charge in [-0.3, -0.25) is 0 Å². The maximum atomic E-state index is 9.61. The second-order valence-electron chi connectivity index (χ2n) is 5.88. The van der Waals surface area contributed by atoms with Crippen LogP contribution in [0.4, 0.5) is 0 Å². The van der Waals surface area contributed by atoms with Gasteiger partial charge in [0.25, 0.3) is 5.89 Å². The molecule has 0 saturated carbocycles. The van der Waals surface area contributed by atoms with Crippen molar-refractivity contribution in [1.29, 1.82) is 5.26 Å². The van der Waals surface area contributed by atoms with Gasteiger partial charge in [-0.15, -0.1) is 0 Å². The van der Waals surface area contributed by atoms with Crippen molar-refractivity contribution in [3.05, 3.63) is 53.4 Å². The number of benzene rings is 2. The van der Waals surface area contributed by atoms with Crippen LogP contribution in [-0.4, -0.2) is 31.5 Å². The summed E-state index contributed by atoms with van der Waals surface area (Å²) in [6, 6.07) is 13.3.